The van der Waals surface area contributed by atoms with Crippen LogP contribution < -0.4 is 5.48 Å². The summed E-state index contributed by atoms with van der Waals surface area (Å²) in [6.07, 6.45) is 2.89. The van der Waals surface area contributed by atoms with E-state index in [9.17, 15) is 4.79 Å². The number of ether oxygens (including phenoxy) is 3. The van der Waals surface area contributed by atoms with E-state index in [-0.39, 0.29) is 5.91 Å². The smallest absolute Gasteiger partial charge is 0.252 e. The van der Waals surface area contributed by atoms with Crippen LogP contribution in [0.2, 0.25) is 0 Å². The maximum Gasteiger partial charge on any atom is 0.252 e. The number of nitrogens with zero attached hydrogens (tertiary/aromatic N) is 1. The molecule has 0 aromatic carbocycles. The number of nitrogens with one attached hydrogen (secondary N) is 1. The summed E-state index contributed by atoms with van der Waals surface area (Å²) < 4.78 is 18.9. The van der Waals surface area contributed by atoms with Crippen molar-refractivity contribution >= 4 is 30.3 Å². The largest absolute Gasteiger partial charge is 0.350 e. The molecule has 3 aliphatic rings. The van der Waals surface area contributed by atoms with Crippen LogP contribution in [0.5, 0.6) is 0 Å². The molecule has 3 heterocycles. The zero-order valence-corrected chi connectivity index (χ0v) is 15.0. The maximum atomic E-state index is 12.7. The molecule has 1 spiro atoms. The molecule has 1 amide bonds. The van der Waals surface area contributed by atoms with Gasteiger partial charge in [0.2, 0.25) is 0 Å². The fourth-order valence-corrected chi connectivity index (χ4v) is 4.44. The minimum absolute atomic E-state index is 0.342. The molecular formula is C14H23B2N2O5P. The fraction of sp³-hybridized carbons (Fsp3) is 0.929. The molecule has 0 aliphatic carbocycles. The predicted molar refractivity (Wildman–Crippen MR) is 90.7 cm³/mol. The molecule has 4 radical (unpaired) electrons. The maximum absolute atomic E-state index is 12.7. The molecule has 0 aromatic rings. The van der Waals surface area contributed by atoms with Gasteiger partial charge in [-0.2, -0.15) is 0 Å². The average molecular weight is 352 g/mol. The Hall–Kier alpha value is -0.170. The van der Waals surface area contributed by atoms with Crippen LogP contribution in [0, 0.1) is 5.92 Å². The van der Waals surface area contributed by atoms with E-state index in [0.717, 1.165) is 19.3 Å². The zero-order valence-electron chi connectivity index (χ0n) is 14.0. The minimum Gasteiger partial charge on any atom is -0.350 e. The highest BCUT2D eigenvalue weighted by molar-refractivity contribution is 7.34. The Morgan fingerprint density at radius 1 is 1.25 bits per heavy atom. The van der Waals surface area contributed by atoms with Crippen LogP contribution in [-0.4, -0.2) is 76.7 Å². The van der Waals surface area contributed by atoms with Gasteiger partial charge in [-0.15, -0.1) is 0 Å². The minimum atomic E-state index is -1.38. The first-order valence-corrected chi connectivity index (χ1v) is 9.84. The molecule has 24 heavy (non-hydrogen) atoms. The van der Waals surface area contributed by atoms with Crippen LogP contribution in [0.25, 0.3) is 0 Å². The molecule has 7 nitrogen and oxygen atoms in total. The Labute approximate surface area is 147 Å². The van der Waals surface area contributed by atoms with Gasteiger partial charge in [0, 0.05) is 24.9 Å². The monoisotopic (exact) mass is 352 g/mol. The Morgan fingerprint density at radius 3 is 2.62 bits per heavy atom. The van der Waals surface area contributed by atoms with E-state index in [1.807, 2.05) is 11.3 Å². The lowest BCUT2D eigenvalue weighted by atomic mass is 9.52. The van der Waals surface area contributed by atoms with E-state index in [1.165, 1.54) is 0 Å². The summed E-state index contributed by atoms with van der Waals surface area (Å²) in [5.74, 6) is -2.36. The molecule has 3 atom stereocenters. The van der Waals surface area contributed by atoms with Crippen molar-refractivity contribution in [2.45, 2.75) is 43.1 Å². The normalized spacial score (nSPS) is 33.2. The van der Waals surface area contributed by atoms with E-state index in [1.54, 1.807) is 0 Å². The average Bonchev–Trinajstić information content (AvgIpc) is 3.07. The van der Waals surface area contributed by atoms with Crippen molar-refractivity contribution < 1.29 is 23.8 Å². The summed E-state index contributed by atoms with van der Waals surface area (Å²) >= 11 is 0. The van der Waals surface area contributed by atoms with Gasteiger partial charge >= 0.3 is 0 Å². The number of amides is 1. The second kappa shape index (κ2) is 7.60. The lowest BCUT2D eigenvalue weighted by Crippen LogP contribution is -2.72. The lowest BCUT2D eigenvalue weighted by molar-refractivity contribution is -0.244. The first kappa shape index (κ1) is 18.6. The summed E-state index contributed by atoms with van der Waals surface area (Å²) in [5.41, 5.74) is 2.49. The topological polar surface area (TPSA) is 69.3 Å². The molecule has 3 fully saturated rings. The Kier molecular flexibility index (Phi) is 5.90. The summed E-state index contributed by atoms with van der Waals surface area (Å²) in [4.78, 5) is 18.1. The highest BCUT2D eigenvalue weighted by Gasteiger charge is 2.61. The third-order valence-electron chi connectivity index (χ3n) is 4.84. The van der Waals surface area contributed by atoms with Gasteiger partial charge in [0.25, 0.3) is 5.91 Å². The summed E-state index contributed by atoms with van der Waals surface area (Å²) in [5, 5.41) is -1.38. The van der Waals surface area contributed by atoms with Gasteiger partial charge in [0.15, 0.2) is 12.1 Å². The van der Waals surface area contributed by atoms with Crippen molar-refractivity contribution in [3.8, 4) is 0 Å². The standard InChI is InChI=1S/C14H23B2N2O5P/c1-24-18-6-5-10(13(14(18,15)16)21-8-9-22-13)12(19)17-23-11-4-2-3-7-20-11/h10-11,24H,2-9H2,1H3,(H,17,19). The molecule has 10 heteroatoms. The number of piperidine rings is 1. The van der Waals surface area contributed by atoms with Gasteiger partial charge in [-0.1, -0.05) is 8.73 Å². The molecular weight excluding hydrogens is 329 g/mol. The van der Waals surface area contributed by atoms with Crippen molar-refractivity contribution in [2.24, 2.45) is 5.92 Å². The number of rotatable bonds is 4. The Morgan fingerprint density at radius 2 is 2.00 bits per heavy atom. The van der Waals surface area contributed by atoms with E-state index in [4.69, 9.17) is 34.7 Å². The number of carbonyl (C=O) groups excluding carboxylic acids is 1. The summed E-state index contributed by atoms with van der Waals surface area (Å²) in [7, 11) is 13.1. The number of hydrogen-bond acceptors (Lipinski definition) is 6. The molecule has 1 N–H and O–H groups in total. The summed E-state index contributed by atoms with van der Waals surface area (Å²) in [6.45, 7) is 3.93. The second-order valence-electron chi connectivity index (χ2n) is 6.29. The van der Waals surface area contributed by atoms with Crippen molar-refractivity contribution in [1.29, 1.82) is 0 Å². The van der Waals surface area contributed by atoms with Crippen LogP contribution >= 0.6 is 8.73 Å². The molecule has 0 saturated carbocycles. The first-order chi connectivity index (χ1) is 11.5. The number of hydroxylamine groups is 1. The lowest BCUT2D eigenvalue weighted by Gasteiger charge is -2.56. The van der Waals surface area contributed by atoms with E-state index in [2.05, 4.69) is 5.48 Å². The molecule has 130 valence electrons. The molecule has 3 unspecified atom stereocenters. The fourth-order valence-electron chi connectivity index (χ4n) is 3.56. The van der Waals surface area contributed by atoms with E-state index < -0.39 is 23.3 Å². The van der Waals surface area contributed by atoms with Crippen molar-refractivity contribution in [3.05, 3.63) is 0 Å². The Bertz CT molecular complexity index is 458. The third-order valence-corrected chi connectivity index (χ3v) is 5.97. The molecule has 0 bridgehead atoms. The van der Waals surface area contributed by atoms with Gasteiger partial charge in [-0.25, -0.2) is 10.3 Å². The van der Waals surface area contributed by atoms with E-state index in [0.29, 0.717) is 41.5 Å². The van der Waals surface area contributed by atoms with Gasteiger partial charge in [0.1, 0.15) is 0 Å². The molecule has 3 saturated heterocycles. The van der Waals surface area contributed by atoms with Gasteiger partial charge < -0.3 is 14.2 Å². The molecule has 3 rings (SSSR count). The van der Waals surface area contributed by atoms with Crippen LogP contribution in [0.4, 0.5) is 0 Å². The van der Waals surface area contributed by atoms with Crippen LogP contribution in [-0.2, 0) is 23.8 Å². The third kappa shape index (κ3) is 3.27. The highest BCUT2D eigenvalue weighted by atomic mass is 31.1. The van der Waals surface area contributed by atoms with Crippen LogP contribution in [0.3, 0.4) is 0 Å². The molecule has 3 aliphatic heterocycles. The highest BCUT2D eigenvalue weighted by Crippen LogP contribution is 2.47. The van der Waals surface area contributed by atoms with Gasteiger partial charge in [0.05, 0.1) is 34.8 Å². The molecule has 0 aromatic heterocycles. The van der Waals surface area contributed by atoms with Crippen molar-refractivity contribution in [1.82, 2.24) is 10.2 Å². The number of hydrogen-bond donors (Lipinski definition) is 1. The van der Waals surface area contributed by atoms with Crippen LogP contribution in [0.1, 0.15) is 25.7 Å². The van der Waals surface area contributed by atoms with E-state index >= 15 is 0 Å². The Balaban J connectivity index is 1.69. The van der Waals surface area contributed by atoms with Crippen molar-refractivity contribution in [2.75, 3.05) is 33.0 Å². The second-order valence-corrected chi connectivity index (χ2v) is 7.27. The van der Waals surface area contributed by atoms with Crippen molar-refractivity contribution in [3.63, 3.8) is 0 Å². The van der Waals surface area contributed by atoms with Gasteiger partial charge in [-0.05, 0) is 25.9 Å². The number of carbonyl (C=O) groups is 1. The predicted octanol–water partition coefficient (Wildman–Crippen LogP) is -0.160. The summed E-state index contributed by atoms with van der Waals surface area (Å²) in [6, 6.07) is 0. The quantitative estimate of drug-likeness (QED) is 0.431. The van der Waals surface area contributed by atoms with Crippen LogP contribution in [0.15, 0.2) is 0 Å². The SMILES string of the molecule is [B]C1([B])N(PC)CCC(C(=O)NOC2CCCCO2)C12OCCO2. The van der Waals surface area contributed by atoms with Gasteiger partial charge in [-0.3, -0.25) is 9.46 Å². The zero-order chi connectivity index (χ0) is 17.2. The first-order valence-electron chi connectivity index (χ1n) is 8.39.